The molecule has 2 aromatic heterocycles. The Bertz CT molecular complexity index is 941. The van der Waals surface area contributed by atoms with Crippen molar-refractivity contribution in [3.63, 3.8) is 0 Å². The summed E-state index contributed by atoms with van der Waals surface area (Å²) in [5.41, 5.74) is 0.872. The van der Waals surface area contributed by atoms with Gasteiger partial charge in [-0.1, -0.05) is 50.4 Å². The van der Waals surface area contributed by atoms with Gasteiger partial charge in [0.15, 0.2) is 9.47 Å². The van der Waals surface area contributed by atoms with E-state index in [-0.39, 0.29) is 17.8 Å². The van der Waals surface area contributed by atoms with Crippen molar-refractivity contribution in [2.24, 2.45) is 0 Å². The summed E-state index contributed by atoms with van der Waals surface area (Å²) in [4.78, 5) is 16.6. The van der Waals surface area contributed by atoms with E-state index in [0.29, 0.717) is 5.13 Å². The molecule has 7 nitrogen and oxygen atoms in total. The highest BCUT2D eigenvalue weighted by Gasteiger charge is 2.16. The molecule has 0 saturated carbocycles. The highest BCUT2D eigenvalue weighted by Crippen LogP contribution is 2.29. The van der Waals surface area contributed by atoms with E-state index in [2.05, 4.69) is 41.7 Å². The van der Waals surface area contributed by atoms with Gasteiger partial charge in [-0.3, -0.25) is 4.79 Å². The van der Waals surface area contributed by atoms with E-state index in [9.17, 15) is 4.79 Å². The number of carbonyl (C=O) groups is 1. The van der Waals surface area contributed by atoms with Crippen molar-refractivity contribution in [1.29, 1.82) is 0 Å². The minimum atomic E-state index is -0.109. The molecule has 3 aromatic rings. The molecule has 0 unspecified atom stereocenters. The van der Waals surface area contributed by atoms with Crippen LogP contribution in [0.5, 0.6) is 0 Å². The lowest BCUT2D eigenvalue weighted by atomic mass is 10.2. The van der Waals surface area contributed by atoms with Crippen molar-refractivity contribution in [1.82, 2.24) is 15.2 Å². The summed E-state index contributed by atoms with van der Waals surface area (Å²) in [5, 5.41) is 15.7. The van der Waals surface area contributed by atoms with Crippen molar-refractivity contribution in [3.8, 4) is 0 Å². The van der Waals surface area contributed by atoms with Gasteiger partial charge in [0.25, 0.3) is 0 Å². The molecule has 1 amide bonds. The first-order valence-corrected chi connectivity index (χ1v) is 11.7. The first-order valence-electron chi connectivity index (χ1n) is 8.33. The number of hydrogen-bond acceptors (Lipinski definition) is 9. The maximum atomic E-state index is 12.2. The van der Waals surface area contributed by atoms with Gasteiger partial charge < -0.3 is 15.4 Å². The average Bonchev–Trinajstić information content (AvgIpc) is 3.38. The van der Waals surface area contributed by atoms with Crippen molar-refractivity contribution in [2.45, 2.75) is 23.3 Å². The van der Waals surface area contributed by atoms with Crippen molar-refractivity contribution >= 4 is 76.8 Å². The molecule has 27 heavy (non-hydrogen) atoms. The fraction of sp³-hybridized carbons (Fsp3) is 0.375. The summed E-state index contributed by atoms with van der Waals surface area (Å²) < 4.78 is 8.35. The number of amides is 1. The predicted octanol–water partition coefficient (Wildman–Crippen LogP) is 4.23. The summed E-state index contributed by atoms with van der Waals surface area (Å²) >= 11 is 7.71. The average molecular weight is 486 g/mol. The van der Waals surface area contributed by atoms with Gasteiger partial charge in [-0.05, 0) is 31.0 Å². The molecule has 1 saturated heterocycles. The molecule has 0 radical (unpaired) electrons. The monoisotopic (exact) mass is 485 g/mol. The molecule has 3 heterocycles. The summed E-state index contributed by atoms with van der Waals surface area (Å²) in [5.74, 6) is 0.155. The molecule has 142 valence electrons. The van der Waals surface area contributed by atoms with Crippen molar-refractivity contribution in [2.75, 3.05) is 29.5 Å². The summed E-state index contributed by atoms with van der Waals surface area (Å²) in [6.45, 7) is 1.58. The Morgan fingerprint density at radius 3 is 3.11 bits per heavy atom. The third kappa shape index (κ3) is 5.17. The molecule has 1 aromatic carbocycles. The maximum Gasteiger partial charge on any atom is 0.236 e. The number of nitrogens with zero attached hydrogens (tertiary/aromatic N) is 3. The number of aromatic nitrogens is 3. The Hall–Kier alpha value is -1.27. The van der Waals surface area contributed by atoms with E-state index < -0.39 is 0 Å². The fourth-order valence-electron chi connectivity index (χ4n) is 2.58. The van der Waals surface area contributed by atoms with Crippen LogP contribution in [0.1, 0.15) is 12.8 Å². The third-order valence-corrected chi connectivity index (χ3v) is 7.28. The van der Waals surface area contributed by atoms with Crippen LogP contribution in [0.15, 0.2) is 27.0 Å². The van der Waals surface area contributed by atoms with Gasteiger partial charge in [0.05, 0.1) is 22.1 Å². The van der Waals surface area contributed by atoms with E-state index >= 15 is 0 Å². The van der Waals surface area contributed by atoms with E-state index in [1.54, 1.807) is 0 Å². The van der Waals surface area contributed by atoms with Gasteiger partial charge in [0.2, 0.25) is 11.0 Å². The molecular weight excluding hydrogens is 470 g/mol. The maximum absolute atomic E-state index is 12.2. The number of hydrogen-bond donors (Lipinski definition) is 2. The summed E-state index contributed by atoms with van der Waals surface area (Å²) in [7, 11) is 0. The van der Waals surface area contributed by atoms with Crippen molar-refractivity contribution < 1.29 is 9.53 Å². The molecule has 0 bridgehead atoms. The van der Waals surface area contributed by atoms with Crippen LogP contribution in [0.2, 0.25) is 0 Å². The highest BCUT2D eigenvalue weighted by molar-refractivity contribution is 9.10. The van der Waals surface area contributed by atoms with Crippen LogP contribution in [0, 0.1) is 0 Å². The Morgan fingerprint density at radius 2 is 2.26 bits per heavy atom. The molecule has 0 aliphatic carbocycles. The number of fused-ring (bicyclic) bond motifs is 1. The summed E-state index contributed by atoms with van der Waals surface area (Å²) in [6, 6.07) is 5.85. The number of nitrogens with one attached hydrogen (secondary N) is 2. The number of ether oxygens (including phenoxy) is 1. The third-order valence-electron chi connectivity index (χ3n) is 3.83. The topological polar surface area (TPSA) is 89.0 Å². The smallest absolute Gasteiger partial charge is 0.236 e. The second-order valence-electron chi connectivity index (χ2n) is 5.86. The Morgan fingerprint density at radius 1 is 1.33 bits per heavy atom. The van der Waals surface area contributed by atoms with E-state index in [1.165, 1.54) is 34.4 Å². The van der Waals surface area contributed by atoms with Crippen molar-refractivity contribution in [3.05, 3.63) is 22.7 Å². The Kier molecular flexibility index (Phi) is 6.23. The van der Waals surface area contributed by atoms with Crippen LogP contribution >= 0.6 is 50.4 Å². The lowest BCUT2D eigenvalue weighted by Crippen LogP contribution is -2.18. The lowest BCUT2D eigenvalue weighted by Gasteiger charge is -2.08. The van der Waals surface area contributed by atoms with Crippen LogP contribution in [0.3, 0.4) is 0 Å². The van der Waals surface area contributed by atoms with Crippen LogP contribution in [-0.4, -0.2) is 46.1 Å². The normalized spacial score (nSPS) is 16.7. The van der Waals surface area contributed by atoms with Gasteiger partial charge in [0, 0.05) is 17.6 Å². The highest BCUT2D eigenvalue weighted by atomic mass is 79.9. The molecule has 1 fully saturated rings. The van der Waals surface area contributed by atoms with Crippen LogP contribution in [0.4, 0.5) is 10.3 Å². The molecule has 1 aliphatic rings. The number of thioether (sulfide) groups is 1. The second-order valence-corrected chi connectivity index (χ2v) is 10.0. The number of halogens is 1. The first-order chi connectivity index (χ1) is 13.2. The van der Waals surface area contributed by atoms with Gasteiger partial charge in [-0.2, -0.15) is 0 Å². The molecule has 1 aliphatic heterocycles. The number of rotatable bonds is 7. The first kappa shape index (κ1) is 19.1. The lowest BCUT2D eigenvalue weighted by molar-refractivity contribution is -0.113. The number of benzene rings is 1. The number of anilines is 2. The van der Waals surface area contributed by atoms with Gasteiger partial charge in [-0.25, -0.2) is 4.98 Å². The van der Waals surface area contributed by atoms with Gasteiger partial charge in [-0.15, -0.1) is 10.2 Å². The zero-order chi connectivity index (χ0) is 18.6. The van der Waals surface area contributed by atoms with Gasteiger partial charge >= 0.3 is 0 Å². The number of carbonyl (C=O) groups excluding carboxylic acids is 1. The SMILES string of the molecule is O=C(CSc1nnc(NC[C@@H]2CCCO2)s1)Nc1nc2ccc(Br)cc2s1. The van der Waals surface area contributed by atoms with E-state index in [4.69, 9.17) is 4.74 Å². The minimum absolute atomic E-state index is 0.109. The molecule has 2 N–H and O–H groups in total. The second kappa shape index (κ2) is 8.82. The van der Waals surface area contributed by atoms with Gasteiger partial charge in [0.1, 0.15) is 0 Å². The number of thiazole rings is 1. The Labute approximate surface area is 176 Å². The molecule has 0 spiro atoms. The predicted molar refractivity (Wildman–Crippen MR) is 114 cm³/mol. The minimum Gasteiger partial charge on any atom is -0.376 e. The van der Waals surface area contributed by atoms with Crippen LogP contribution < -0.4 is 10.6 Å². The standard InChI is InChI=1S/C16H16BrN5O2S3/c17-9-3-4-11-12(6-9)26-15(19-11)20-13(23)8-25-16-22-21-14(27-16)18-7-10-2-1-5-24-10/h3-4,6,10H,1-2,5,7-8H2,(H,18,21)(H,19,20,23)/t10-/m0/s1. The quantitative estimate of drug-likeness (QED) is 0.483. The van der Waals surface area contributed by atoms with Crippen LogP contribution in [-0.2, 0) is 9.53 Å². The zero-order valence-electron chi connectivity index (χ0n) is 14.1. The molecule has 1 atom stereocenters. The Balaban J connectivity index is 1.26. The molecule has 11 heteroatoms. The summed E-state index contributed by atoms with van der Waals surface area (Å²) in [6.07, 6.45) is 2.45. The fourth-order valence-corrected chi connectivity index (χ4v) is 5.57. The zero-order valence-corrected chi connectivity index (χ0v) is 18.1. The molecule has 4 rings (SSSR count). The largest absolute Gasteiger partial charge is 0.376 e. The van der Waals surface area contributed by atoms with E-state index in [1.807, 2.05) is 18.2 Å². The molecular formula is C16H16BrN5O2S3. The van der Waals surface area contributed by atoms with E-state index in [0.717, 1.165) is 50.2 Å². The van der Waals surface area contributed by atoms with Crippen LogP contribution in [0.25, 0.3) is 10.2 Å².